The summed E-state index contributed by atoms with van der Waals surface area (Å²) in [7, 11) is 0. The van der Waals surface area contributed by atoms with Gasteiger partial charge in [0.1, 0.15) is 18.2 Å². The molecule has 2 aromatic rings. The lowest BCUT2D eigenvalue weighted by Gasteiger charge is -2.27. The fraction of sp³-hybridized carbons (Fsp3) is 0.429. The molecule has 0 aliphatic carbocycles. The Morgan fingerprint density at radius 3 is 2.66 bits per heavy atom. The molecule has 8 heteroatoms. The van der Waals surface area contributed by atoms with E-state index in [4.69, 9.17) is 10.5 Å². The van der Waals surface area contributed by atoms with Crippen molar-refractivity contribution in [1.82, 2.24) is 4.98 Å². The summed E-state index contributed by atoms with van der Waals surface area (Å²) >= 11 is 0. The SMILES string of the molecule is CC(C)C[C@](C)(N)COc1ccc(-c2ccnc3c2CC(=O)N3)cc1C(F)(F)F. The van der Waals surface area contributed by atoms with Gasteiger partial charge in [-0.05, 0) is 48.6 Å². The summed E-state index contributed by atoms with van der Waals surface area (Å²) in [5, 5.41) is 2.61. The first-order chi connectivity index (χ1) is 13.5. The average Bonchev–Trinajstić information content (AvgIpc) is 2.98. The van der Waals surface area contributed by atoms with Crippen molar-refractivity contribution in [2.75, 3.05) is 11.9 Å². The van der Waals surface area contributed by atoms with Crippen LogP contribution < -0.4 is 15.8 Å². The highest BCUT2D eigenvalue weighted by Gasteiger charge is 2.36. The second-order valence-corrected chi connectivity index (χ2v) is 8.16. The number of halogens is 3. The van der Waals surface area contributed by atoms with Gasteiger partial charge in [0.25, 0.3) is 0 Å². The first-order valence-electron chi connectivity index (χ1n) is 9.37. The van der Waals surface area contributed by atoms with Crippen LogP contribution in [0.4, 0.5) is 19.0 Å². The van der Waals surface area contributed by atoms with E-state index in [9.17, 15) is 18.0 Å². The van der Waals surface area contributed by atoms with Crippen LogP contribution in [0.5, 0.6) is 5.75 Å². The minimum atomic E-state index is -4.60. The number of pyridine rings is 1. The molecule has 0 unspecified atom stereocenters. The predicted octanol–water partition coefficient (Wildman–Crippen LogP) is 4.40. The summed E-state index contributed by atoms with van der Waals surface area (Å²) in [6.07, 6.45) is -2.43. The second kappa shape index (κ2) is 7.67. The van der Waals surface area contributed by atoms with Crippen molar-refractivity contribution in [3.05, 3.63) is 41.6 Å². The van der Waals surface area contributed by atoms with Crippen LogP contribution in [0, 0.1) is 5.92 Å². The number of nitrogens with one attached hydrogen (secondary N) is 1. The van der Waals surface area contributed by atoms with E-state index in [1.807, 2.05) is 13.8 Å². The normalized spacial score (nSPS) is 15.8. The lowest BCUT2D eigenvalue weighted by atomic mass is 9.92. The molecular weight excluding hydrogens is 383 g/mol. The van der Waals surface area contributed by atoms with E-state index < -0.39 is 17.3 Å². The van der Waals surface area contributed by atoms with Gasteiger partial charge < -0.3 is 15.8 Å². The lowest BCUT2D eigenvalue weighted by molar-refractivity contribution is -0.139. The number of hydrogen-bond donors (Lipinski definition) is 2. The van der Waals surface area contributed by atoms with Crippen LogP contribution in [-0.4, -0.2) is 23.0 Å². The maximum Gasteiger partial charge on any atom is 0.419 e. The largest absolute Gasteiger partial charge is 0.491 e. The summed E-state index contributed by atoms with van der Waals surface area (Å²) < 4.78 is 46.7. The fourth-order valence-corrected chi connectivity index (χ4v) is 3.67. The number of fused-ring (bicyclic) bond motifs is 1. The zero-order chi connectivity index (χ0) is 21.4. The van der Waals surface area contributed by atoms with Gasteiger partial charge in [-0.3, -0.25) is 4.79 Å². The molecule has 0 fully saturated rings. The zero-order valence-corrected chi connectivity index (χ0v) is 16.6. The van der Waals surface area contributed by atoms with Gasteiger partial charge in [-0.2, -0.15) is 13.2 Å². The molecule has 1 aromatic carbocycles. The van der Waals surface area contributed by atoms with E-state index in [1.54, 1.807) is 19.1 Å². The number of carbonyl (C=O) groups excluding carboxylic acids is 1. The Balaban J connectivity index is 1.94. The number of benzene rings is 1. The molecule has 5 nitrogen and oxygen atoms in total. The molecule has 0 saturated carbocycles. The number of aromatic nitrogens is 1. The summed E-state index contributed by atoms with van der Waals surface area (Å²) in [5.74, 6) is 0.182. The molecule has 1 atom stereocenters. The highest BCUT2D eigenvalue weighted by atomic mass is 19.4. The molecule has 3 N–H and O–H groups in total. The molecule has 0 saturated heterocycles. The second-order valence-electron chi connectivity index (χ2n) is 8.16. The third-order valence-electron chi connectivity index (χ3n) is 4.68. The van der Waals surface area contributed by atoms with Crippen molar-refractivity contribution in [1.29, 1.82) is 0 Å². The predicted molar refractivity (Wildman–Crippen MR) is 105 cm³/mol. The topological polar surface area (TPSA) is 77.2 Å². The maximum atomic E-state index is 13.7. The fourth-order valence-electron chi connectivity index (χ4n) is 3.67. The summed E-state index contributed by atoms with van der Waals surface area (Å²) in [6, 6.07) is 5.51. The molecule has 1 aliphatic heterocycles. The van der Waals surface area contributed by atoms with Gasteiger partial charge in [0.05, 0.1) is 12.0 Å². The van der Waals surface area contributed by atoms with Crippen molar-refractivity contribution in [3.8, 4) is 16.9 Å². The zero-order valence-electron chi connectivity index (χ0n) is 16.6. The molecule has 0 bridgehead atoms. The van der Waals surface area contributed by atoms with Crippen molar-refractivity contribution >= 4 is 11.7 Å². The van der Waals surface area contributed by atoms with Crippen LogP contribution >= 0.6 is 0 Å². The third-order valence-corrected chi connectivity index (χ3v) is 4.68. The number of alkyl halides is 3. The highest BCUT2D eigenvalue weighted by molar-refractivity contribution is 6.00. The van der Waals surface area contributed by atoms with E-state index in [0.717, 1.165) is 6.07 Å². The van der Waals surface area contributed by atoms with Gasteiger partial charge in [0.2, 0.25) is 5.91 Å². The molecule has 156 valence electrons. The smallest absolute Gasteiger partial charge is 0.419 e. The van der Waals surface area contributed by atoms with Gasteiger partial charge in [0.15, 0.2) is 0 Å². The molecule has 1 amide bonds. The highest BCUT2D eigenvalue weighted by Crippen LogP contribution is 2.40. The van der Waals surface area contributed by atoms with E-state index in [1.165, 1.54) is 12.3 Å². The van der Waals surface area contributed by atoms with Crippen LogP contribution in [0.3, 0.4) is 0 Å². The van der Waals surface area contributed by atoms with E-state index >= 15 is 0 Å². The molecule has 3 rings (SSSR count). The number of anilines is 1. The van der Waals surface area contributed by atoms with Gasteiger partial charge in [-0.15, -0.1) is 0 Å². The van der Waals surface area contributed by atoms with Crippen LogP contribution in [0.1, 0.15) is 38.3 Å². The van der Waals surface area contributed by atoms with Gasteiger partial charge in [-0.25, -0.2) is 4.98 Å². The number of nitrogens with two attached hydrogens (primary N) is 1. The Labute approximate surface area is 167 Å². The van der Waals surface area contributed by atoms with Crippen molar-refractivity contribution in [2.24, 2.45) is 11.7 Å². The molecular formula is C21H24F3N3O2. The summed E-state index contributed by atoms with van der Waals surface area (Å²) in [4.78, 5) is 15.7. The minimum absolute atomic E-state index is 0.0311. The Hall–Kier alpha value is -2.61. The van der Waals surface area contributed by atoms with Crippen molar-refractivity contribution in [2.45, 2.75) is 45.3 Å². The molecule has 0 radical (unpaired) electrons. The van der Waals surface area contributed by atoms with E-state index in [-0.39, 0.29) is 24.7 Å². The van der Waals surface area contributed by atoms with Crippen LogP contribution in [0.25, 0.3) is 11.1 Å². The summed E-state index contributed by atoms with van der Waals surface area (Å²) in [5.41, 5.74) is 6.02. The van der Waals surface area contributed by atoms with Crippen LogP contribution in [-0.2, 0) is 17.4 Å². The standard InChI is InChI=1S/C21H24F3N3O2/c1-12(2)10-20(3,25)11-29-17-5-4-13(8-16(17)21(22,23)24)14-6-7-26-19-15(14)9-18(28)27-19/h4-8,12H,9-11,25H2,1-3H3,(H,26,27,28)/t20-/m0/s1. The van der Waals surface area contributed by atoms with E-state index in [0.29, 0.717) is 34.8 Å². The lowest BCUT2D eigenvalue weighted by Crippen LogP contribution is -2.43. The Bertz CT molecular complexity index is 924. The van der Waals surface area contributed by atoms with Gasteiger partial charge in [0, 0.05) is 17.3 Å². The van der Waals surface area contributed by atoms with Gasteiger partial charge >= 0.3 is 6.18 Å². The first kappa shape index (κ1) is 21.1. The summed E-state index contributed by atoms with van der Waals surface area (Å²) in [6.45, 7) is 5.72. The third kappa shape index (κ3) is 4.87. The molecule has 1 aliphatic rings. The number of nitrogens with zero attached hydrogens (tertiary/aromatic N) is 1. The molecule has 1 aromatic heterocycles. The Morgan fingerprint density at radius 1 is 1.28 bits per heavy atom. The number of hydrogen-bond acceptors (Lipinski definition) is 4. The number of ether oxygens (including phenoxy) is 1. The Morgan fingerprint density at radius 2 is 2.00 bits per heavy atom. The van der Waals surface area contributed by atoms with Crippen LogP contribution in [0.15, 0.2) is 30.5 Å². The van der Waals surface area contributed by atoms with Gasteiger partial charge in [-0.1, -0.05) is 19.9 Å². The number of amides is 1. The minimum Gasteiger partial charge on any atom is -0.491 e. The monoisotopic (exact) mass is 407 g/mol. The molecule has 0 spiro atoms. The van der Waals surface area contributed by atoms with Crippen molar-refractivity contribution in [3.63, 3.8) is 0 Å². The molecule has 2 heterocycles. The average molecular weight is 407 g/mol. The Kier molecular flexibility index (Phi) is 5.58. The maximum absolute atomic E-state index is 13.7. The van der Waals surface area contributed by atoms with E-state index in [2.05, 4.69) is 10.3 Å². The molecule has 29 heavy (non-hydrogen) atoms. The van der Waals surface area contributed by atoms with Crippen molar-refractivity contribution < 1.29 is 22.7 Å². The number of carbonyl (C=O) groups is 1. The quantitative estimate of drug-likeness (QED) is 0.744. The number of rotatable bonds is 6. The first-order valence-corrected chi connectivity index (χ1v) is 9.37. The van der Waals surface area contributed by atoms with Crippen LogP contribution in [0.2, 0.25) is 0 Å².